The van der Waals surface area contributed by atoms with E-state index < -0.39 is 41.5 Å². The summed E-state index contributed by atoms with van der Waals surface area (Å²) in [6, 6.07) is 4.36. The molecule has 0 atom stereocenters. The van der Waals surface area contributed by atoms with Crippen LogP contribution < -0.4 is 5.32 Å². The maximum Gasteiger partial charge on any atom is 0.274 e. The Balaban J connectivity index is 2.18. The van der Waals surface area contributed by atoms with Gasteiger partial charge in [0.1, 0.15) is 17.4 Å². The van der Waals surface area contributed by atoms with Gasteiger partial charge in [-0.1, -0.05) is 30.1 Å². The predicted octanol–water partition coefficient (Wildman–Crippen LogP) is 4.30. The Morgan fingerprint density at radius 2 is 1.81 bits per heavy atom. The Kier molecular flexibility index (Phi) is 7.04. The summed E-state index contributed by atoms with van der Waals surface area (Å²) in [5.41, 5.74) is -0.675. The van der Waals surface area contributed by atoms with E-state index in [4.69, 9.17) is 23.2 Å². The van der Waals surface area contributed by atoms with Crippen molar-refractivity contribution in [3.63, 3.8) is 0 Å². The molecule has 0 radical (unpaired) electrons. The van der Waals surface area contributed by atoms with Crippen LogP contribution in [0.25, 0.3) is 0 Å². The van der Waals surface area contributed by atoms with Crippen molar-refractivity contribution in [2.24, 2.45) is 0 Å². The van der Waals surface area contributed by atoms with Crippen molar-refractivity contribution in [2.75, 3.05) is 18.4 Å². The van der Waals surface area contributed by atoms with Crippen LogP contribution in [0.15, 0.2) is 24.3 Å². The molecule has 1 N–H and O–H groups in total. The second kappa shape index (κ2) is 9.05. The fourth-order valence-corrected chi connectivity index (χ4v) is 2.56. The topological polar surface area (TPSA) is 62.3 Å². The van der Waals surface area contributed by atoms with Gasteiger partial charge in [-0.25, -0.2) is 18.2 Å². The molecule has 2 aromatic rings. The average molecular weight is 420 g/mol. The van der Waals surface area contributed by atoms with E-state index in [2.05, 4.69) is 10.3 Å². The third kappa shape index (κ3) is 5.11. The largest absolute Gasteiger partial charge is 0.328 e. The number of pyridine rings is 1. The van der Waals surface area contributed by atoms with Crippen LogP contribution in [0.5, 0.6) is 0 Å². The molecular formula is C17H14Cl2F3N3O2. The molecule has 0 spiro atoms. The molecule has 1 aromatic heterocycles. The van der Waals surface area contributed by atoms with Gasteiger partial charge in [-0.2, -0.15) is 0 Å². The number of hydrogen-bond acceptors (Lipinski definition) is 3. The molecule has 0 fully saturated rings. The third-order valence-electron chi connectivity index (χ3n) is 3.44. The van der Waals surface area contributed by atoms with Gasteiger partial charge in [0.25, 0.3) is 5.91 Å². The van der Waals surface area contributed by atoms with Crippen LogP contribution in [-0.4, -0.2) is 34.8 Å². The molecule has 144 valence electrons. The summed E-state index contributed by atoms with van der Waals surface area (Å²) < 4.78 is 39.9. The molecule has 2 rings (SSSR count). The number of carbonyl (C=O) groups excluding carboxylic acids is 2. The number of aromatic nitrogens is 1. The Hall–Kier alpha value is -2.32. The smallest absolute Gasteiger partial charge is 0.274 e. The molecule has 0 aliphatic heterocycles. The molecule has 0 aliphatic rings. The summed E-state index contributed by atoms with van der Waals surface area (Å²) in [5, 5.41) is 2.21. The van der Waals surface area contributed by atoms with Crippen molar-refractivity contribution < 1.29 is 22.8 Å². The van der Waals surface area contributed by atoms with Gasteiger partial charge in [-0.15, -0.1) is 0 Å². The quantitative estimate of drug-likeness (QED) is 0.560. The molecule has 2 amide bonds. The van der Waals surface area contributed by atoms with Crippen molar-refractivity contribution in [3.8, 4) is 0 Å². The van der Waals surface area contributed by atoms with Crippen LogP contribution in [0.1, 0.15) is 23.8 Å². The molecule has 0 unspecified atom stereocenters. The molecule has 5 nitrogen and oxygen atoms in total. The van der Waals surface area contributed by atoms with E-state index in [1.165, 1.54) is 12.1 Å². The highest BCUT2D eigenvalue weighted by molar-refractivity contribution is 6.34. The molecule has 0 saturated heterocycles. The zero-order chi connectivity index (χ0) is 20.1. The Morgan fingerprint density at radius 3 is 2.48 bits per heavy atom. The Labute approximate surface area is 163 Å². The van der Waals surface area contributed by atoms with Crippen molar-refractivity contribution in [1.29, 1.82) is 0 Å². The van der Waals surface area contributed by atoms with Crippen molar-refractivity contribution in [1.82, 2.24) is 9.88 Å². The maximum atomic E-state index is 13.7. The van der Waals surface area contributed by atoms with Gasteiger partial charge < -0.3 is 10.2 Å². The summed E-state index contributed by atoms with van der Waals surface area (Å²) >= 11 is 11.7. The van der Waals surface area contributed by atoms with Gasteiger partial charge in [0.05, 0.1) is 10.7 Å². The number of rotatable bonds is 6. The molecular weight excluding hydrogens is 406 g/mol. The van der Waals surface area contributed by atoms with E-state index in [9.17, 15) is 22.8 Å². The van der Waals surface area contributed by atoms with Crippen LogP contribution in [0.3, 0.4) is 0 Å². The van der Waals surface area contributed by atoms with E-state index in [0.29, 0.717) is 12.5 Å². The Bertz CT molecular complexity index is 881. The molecule has 27 heavy (non-hydrogen) atoms. The number of benzene rings is 1. The lowest BCUT2D eigenvalue weighted by molar-refractivity contribution is -0.116. The van der Waals surface area contributed by atoms with Gasteiger partial charge in [-0.05, 0) is 30.7 Å². The molecule has 1 aromatic carbocycles. The van der Waals surface area contributed by atoms with Gasteiger partial charge in [0.15, 0.2) is 17.5 Å². The van der Waals surface area contributed by atoms with Crippen LogP contribution in [0.2, 0.25) is 10.2 Å². The minimum atomic E-state index is -1.70. The lowest BCUT2D eigenvalue weighted by Gasteiger charge is -2.21. The minimum absolute atomic E-state index is 0.0486. The fraction of sp³-hybridized carbons (Fsp3) is 0.235. The van der Waals surface area contributed by atoms with E-state index in [1.54, 1.807) is 6.92 Å². The number of nitrogens with zero attached hydrogens (tertiary/aromatic N) is 2. The number of anilines is 1. The van der Waals surface area contributed by atoms with Crippen LogP contribution in [0, 0.1) is 17.5 Å². The molecule has 0 aliphatic carbocycles. The van der Waals surface area contributed by atoms with E-state index in [0.717, 1.165) is 11.0 Å². The number of carbonyl (C=O) groups is 2. The summed E-state index contributed by atoms with van der Waals surface area (Å²) in [5.74, 6) is -6.07. The predicted molar refractivity (Wildman–Crippen MR) is 95.4 cm³/mol. The molecule has 0 saturated carbocycles. The molecule has 0 bridgehead atoms. The third-order valence-corrected chi connectivity index (χ3v) is 3.95. The van der Waals surface area contributed by atoms with Crippen LogP contribution in [-0.2, 0) is 4.79 Å². The highest BCUT2D eigenvalue weighted by Gasteiger charge is 2.23. The second-order valence-corrected chi connectivity index (χ2v) is 6.26. The summed E-state index contributed by atoms with van der Waals surface area (Å²) in [6.07, 6.45) is 0.511. The number of hydrogen-bond donors (Lipinski definition) is 1. The summed E-state index contributed by atoms with van der Waals surface area (Å²) in [6.45, 7) is 1.48. The summed E-state index contributed by atoms with van der Waals surface area (Å²) in [4.78, 5) is 29.8. The minimum Gasteiger partial charge on any atom is -0.328 e. The first-order valence-corrected chi connectivity index (χ1v) is 8.54. The highest BCUT2D eigenvalue weighted by Crippen LogP contribution is 2.21. The standard InChI is InChI=1S/C17H14Cl2F3N3O2/c1-2-7-25(17(27)16-9(18)3-6-12(19)24-16)8-13(26)23-11-5-4-10(20)14(21)15(11)22/h3-6H,2,7-8H2,1H3,(H,23,26). The zero-order valence-corrected chi connectivity index (χ0v) is 15.5. The lowest BCUT2D eigenvalue weighted by atomic mass is 10.2. The van der Waals surface area contributed by atoms with E-state index in [1.807, 2.05) is 0 Å². The monoisotopic (exact) mass is 419 g/mol. The SMILES string of the molecule is CCCN(CC(=O)Nc1ccc(F)c(F)c1F)C(=O)c1nc(Cl)ccc1Cl. The first-order valence-electron chi connectivity index (χ1n) is 7.79. The highest BCUT2D eigenvalue weighted by atomic mass is 35.5. The zero-order valence-electron chi connectivity index (χ0n) is 14.0. The number of nitrogens with one attached hydrogen (secondary N) is 1. The van der Waals surface area contributed by atoms with Crippen LogP contribution in [0.4, 0.5) is 18.9 Å². The average Bonchev–Trinajstić information content (AvgIpc) is 2.63. The normalized spacial score (nSPS) is 10.6. The lowest BCUT2D eigenvalue weighted by Crippen LogP contribution is -2.39. The number of amides is 2. The van der Waals surface area contributed by atoms with Gasteiger partial charge >= 0.3 is 0 Å². The maximum absolute atomic E-state index is 13.7. The van der Waals surface area contributed by atoms with Gasteiger partial charge in [0.2, 0.25) is 5.91 Å². The second-order valence-electron chi connectivity index (χ2n) is 5.46. The van der Waals surface area contributed by atoms with E-state index >= 15 is 0 Å². The van der Waals surface area contributed by atoms with E-state index in [-0.39, 0.29) is 22.4 Å². The molecule has 10 heteroatoms. The fourth-order valence-electron chi connectivity index (χ4n) is 2.23. The first-order chi connectivity index (χ1) is 12.7. The molecule has 1 heterocycles. The Morgan fingerprint density at radius 1 is 1.11 bits per heavy atom. The number of halogens is 5. The van der Waals surface area contributed by atoms with Crippen molar-refractivity contribution in [3.05, 3.63) is 57.6 Å². The van der Waals surface area contributed by atoms with Gasteiger partial charge in [-0.3, -0.25) is 9.59 Å². The van der Waals surface area contributed by atoms with Crippen molar-refractivity contribution >= 4 is 40.7 Å². The summed E-state index contributed by atoms with van der Waals surface area (Å²) in [7, 11) is 0. The first kappa shape index (κ1) is 21.0. The van der Waals surface area contributed by atoms with Crippen LogP contribution >= 0.6 is 23.2 Å². The van der Waals surface area contributed by atoms with Gasteiger partial charge in [0, 0.05) is 6.54 Å². The van der Waals surface area contributed by atoms with Crippen molar-refractivity contribution in [2.45, 2.75) is 13.3 Å².